The Morgan fingerprint density at radius 2 is 1.97 bits per heavy atom. The number of sulfonamides is 1. The Morgan fingerprint density at radius 1 is 1.20 bits per heavy atom. The van der Waals surface area contributed by atoms with Gasteiger partial charge in [0.1, 0.15) is 0 Å². The third kappa shape index (κ3) is 4.55. The van der Waals surface area contributed by atoms with Crippen LogP contribution in [0.3, 0.4) is 0 Å². The number of hydrogen-bond donors (Lipinski definition) is 1. The lowest BCUT2D eigenvalue weighted by atomic mass is 10.0. The lowest BCUT2D eigenvalue weighted by molar-refractivity contribution is 0.102. The summed E-state index contributed by atoms with van der Waals surface area (Å²) in [6, 6.07) is 13.5. The molecule has 8 heteroatoms. The number of benzene rings is 2. The first kappa shape index (κ1) is 20.6. The fraction of sp³-hybridized carbons (Fsp3) is 0.273. The van der Waals surface area contributed by atoms with Crippen molar-refractivity contribution in [1.82, 2.24) is 4.98 Å². The third-order valence-electron chi connectivity index (χ3n) is 5.09. The molecule has 1 aliphatic heterocycles. The molecule has 3 aromatic rings. The van der Waals surface area contributed by atoms with E-state index in [4.69, 9.17) is 0 Å². The minimum absolute atomic E-state index is 0.245. The van der Waals surface area contributed by atoms with E-state index in [1.807, 2.05) is 0 Å². The molecule has 6 nitrogen and oxygen atoms in total. The summed E-state index contributed by atoms with van der Waals surface area (Å²) in [4.78, 5) is 18.1. The molecule has 0 fully saturated rings. The van der Waals surface area contributed by atoms with Gasteiger partial charge in [0, 0.05) is 29.6 Å². The van der Waals surface area contributed by atoms with Crippen LogP contribution in [0.2, 0.25) is 0 Å². The molecule has 2 heterocycles. The standard InChI is InChI=1S/C22H23N3O3S2/c1-15-5-7-16(8-6-15)12-19-14-23-22(29-19)24-21(26)18-9-10-20-17(13-18)4-3-11-25(20)30(2,27)28/h5-10,13-14H,3-4,11-12H2,1-2H3,(H,23,24,26). The fourth-order valence-corrected chi connectivity index (χ4v) is 5.41. The molecule has 1 amide bonds. The van der Waals surface area contributed by atoms with Crippen molar-refractivity contribution in [2.24, 2.45) is 0 Å². The molecule has 1 aromatic heterocycles. The topological polar surface area (TPSA) is 79.4 Å². The highest BCUT2D eigenvalue weighted by atomic mass is 32.2. The zero-order chi connectivity index (χ0) is 21.3. The number of aryl methyl sites for hydroxylation is 2. The molecular weight excluding hydrogens is 418 g/mol. The number of amides is 1. The summed E-state index contributed by atoms with van der Waals surface area (Å²) in [6.07, 6.45) is 5.25. The summed E-state index contributed by atoms with van der Waals surface area (Å²) in [7, 11) is -3.32. The number of carbonyl (C=O) groups excluding carboxylic acids is 1. The molecule has 30 heavy (non-hydrogen) atoms. The zero-order valence-electron chi connectivity index (χ0n) is 16.9. The molecule has 0 aliphatic carbocycles. The minimum Gasteiger partial charge on any atom is -0.298 e. The van der Waals surface area contributed by atoms with Gasteiger partial charge in [-0.2, -0.15) is 0 Å². The van der Waals surface area contributed by atoms with Gasteiger partial charge >= 0.3 is 0 Å². The molecular formula is C22H23N3O3S2. The third-order valence-corrected chi connectivity index (χ3v) is 7.18. The van der Waals surface area contributed by atoms with Gasteiger partial charge in [-0.05, 0) is 49.1 Å². The second-order valence-corrected chi connectivity index (χ2v) is 10.6. The molecule has 1 N–H and O–H groups in total. The van der Waals surface area contributed by atoms with Crippen LogP contribution in [-0.2, 0) is 22.9 Å². The zero-order valence-corrected chi connectivity index (χ0v) is 18.5. The first-order valence-corrected chi connectivity index (χ1v) is 12.4. The van der Waals surface area contributed by atoms with Crippen molar-refractivity contribution in [3.63, 3.8) is 0 Å². The summed E-state index contributed by atoms with van der Waals surface area (Å²) in [6.45, 7) is 2.53. The van der Waals surface area contributed by atoms with Crippen LogP contribution in [0.1, 0.15) is 38.3 Å². The van der Waals surface area contributed by atoms with Gasteiger partial charge in [0.15, 0.2) is 5.13 Å². The Morgan fingerprint density at radius 3 is 2.70 bits per heavy atom. The number of rotatable bonds is 5. The number of hydrogen-bond acceptors (Lipinski definition) is 5. The van der Waals surface area contributed by atoms with E-state index in [0.29, 0.717) is 22.9 Å². The number of nitrogens with zero attached hydrogens (tertiary/aromatic N) is 2. The number of fused-ring (bicyclic) bond motifs is 1. The van der Waals surface area contributed by atoms with Crippen LogP contribution in [0.5, 0.6) is 0 Å². The average molecular weight is 442 g/mol. The van der Waals surface area contributed by atoms with Crippen LogP contribution in [0.4, 0.5) is 10.8 Å². The Bertz CT molecular complexity index is 1180. The van der Waals surface area contributed by atoms with E-state index in [1.54, 1.807) is 24.4 Å². The van der Waals surface area contributed by atoms with Gasteiger partial charge in [0.2, 0.25) is 10.0 Å². The molecule has 0 radical (unpaired) electrons. The summed E-state index contributed by atoms with van der Waals surface area (Å²) in [5.74, 6) is -0.245. The van der Waals surface area contributed by atoms with E-state index in [-0.39, 0.29) is 5.91 Å². The molecule has 2 aromatic carbocycles. The van der Waals surface area contributed by atoms with Crippen molar-refractivity contribution < 1.29 is 13.2 Å². The quantitative estimate of drug-likeness (QED) is 0.649. The molecule has 0 saturated carbocycles. The van der Waals surface area contributed by atoms with Crippen LogP contribution in [-0.4, -0.2) is 32.1 Å². The maximum absolute atomic E-state index is 12.7. The van der Waals surface area contributed by atoms with Crippen molar-refractivity contribution in [3.05, 3.63) is 75.8 Å². The van der Waals surface area contributed by atoms with Crippen molar-refractivity contribution in [3.8, 4) is 0 Å². The van der Waals surface area contributed by atoms with Gasteiger partial charge in [-0.1, -0.05) is 29.8 Å². The van der Waals surface area contributed by atoms with Crippen molar-refractivity contribution in [2.75, 3.05) is 22.4 Å². The Labute approximate surface area is 180 Å². The normalized spacial score (nSPS) is 13.7. The average Bonchev–Trinajstić information content (AvgIpc) is 3.14. The van der Waals surface area contributed by atoms with Crippen LogP contribution < -0.4 is 9.62 Å². The fourth-order valence-electron chi connectivity index (χ4n) is 3.57. The molecule has 0 bridgehead atoms. The Hall–Kier alpha value is -2.71. The first-order chi connectivity index (χ1) is 14.3. The second kappa shape index (κ2) is 8.20. The summed E-state index contributed by atoms with van der Waals surface area (Å²) in [5, 5.41) is 3.41. The number of carbonyl (C=O) groups is 1. The molecule has 156 valence electrons. The van der Waals surface area contributed by atoms with Gasteiger partial charge in [-0.3, -0.25) is 14.4 Å². The van der Waals surface area contributed by atoms with E-state index in [0.717, 1.165) is 29.7 Å². The predicted molar refractivity (Wildman–Crippen MR) is 121 cm³/mol. The van der Waals surface area contributed by atoms with Crippen LogP contribution in [0.25, 0.3) is 0 Å². The second-order valence-electron chi connectivity index (χ2n) is 7.53. The number of aromatic nitrogens is 1. The molecule has 0 atom stereocenters. The predicted octanol–water partition coefficient (Wildman–Crippen LogP) is 4.01. The molecule has 0 saturated heterocycles. The summed E-state index contributed by atoms with van der Waals surface area (Å²) in [5.41, 5.74) is 4.46. The minimum atomic E-state index is -3.32. The monoisotopic (exact) mass is 441 g/mol. The van der Waals surface area contributed by atoms with Crippen molar-refractivity contribution in [2.45, 2.75) is 26.2 Å². The molecule has 1 aliphatic rings. The maximum Gasteiger partial charge on any atom is 0.257 e. The van der Waals surface area contributed by atoms with Gasteiger partial charge < -0.3 is 0 Å². The van der Waals surface area contributed by atoms with E-state index in [9.17, 15) is 13.2 Å². The largest absolute Gasteiger partial charge is 0.298 e. The Balaban J connectivity index is 1.47. The van der Waals surface area contributed by atoms with E-state index >= 15 is 0 Å². The van der Waals surface area contributed by atoms with E-state index < -0.39 is 10.0 Å². The SMILES string of the molecule is Cc1ccc(Cc2cnc(NC(=O)c3ccc4c(c3)CCCN4S(C)(=O)=O)s2)cc1. The van der Waals surface area contributed by atoms with Crippen molar-refractivity contribution >= 4 is 38.1 Å². The van der Waals surface area contributed by atoms with E-state index in [2.05, 4.69) is 41.5 Å². The van der Waals surface area contributed by atoms with Crippen molar-refractivity contribution in [1.29, 1.82) is 0 Å². The summed E-state index contributed by atoms with van der Waals surface area (Å²) < 4.78 is 25.4. The van der Waals surface area contributed by atoms with Gasteiger partial charge in [0.05, 0.1) is 11.9 Å². The highest BCUT2D eigenvalue weighted by Crippen LogP contribution is 2.30. The Kier molecular flexibility index (Phi) is 5.62. The van der Waals surface area contributed by atoms with Gasteiger partial charge in [-0.25, -0.2) is 13.4 Å². The van der Waals surface area contributed by atoms with Crippen LogP contribution in [0, 0.1) is 6.92 Å². The highest BCUT2D eigenvalue weighted by Gasteiger charge is 2.24. The number of nitrogens with one attached hydrogen (secondary N) is 1. The first-order valence-electron chi connectivity index (χ1n) is 9.72. The molecule has 0 unspecified atom stereocenters. The lowest BCUT2D eigenvalue weighted by Gasteiger charge is -2.29. The van der Waals surface area contributed by atoms with E-state index in [1.165, 1.54) is 33.0 Å². The molecule has 0 spiro atoms. The van der Waals surface area contributed by atoms with Crippen LogP contribution in [0.15, 0.2) is 48.7 Å². The maximum atomic E-state index is 12.7. The van der Waals surface area contributed by atoms with Gasteiger partial charge in [-0.15, -0.1) is 11.3 Å². The van der Waals surface area contributed by atoms with Gasteiger partial charge in [0.25, 0.3) is 5.91 Å². The van der Waals surface area contributed by atoms with Crippen LogP contribution >= 0.6 is 11.3 Å². The lowest BCUT2D eigenvalue weighted by Crippen LogP contribution is -2.34. The number of thiazole rings is 1. The molecule has 4 rings (SSSR count). The summed E-state index contributed by atoms with van der Waals surface area (Å²) >= 11 is 1.46. The smallest absolute Gasteiger partial charge is 0.257 e. The highest BCUT2D eigenvalue weighted by molar-refractivity contribution is 7.92. The number of anilines is 2.